The van der Waals surface area contributed by atoms with Gasteiger partial charge in [-0.2, -0.15) is 0 Å². The van der Waals surface area contributed by atoms with Crippen LogP contribution < -0.4 is 11.1 Å². The summed E-state index contributed by atoms with van der Waals surface area (Å²) in [5, 5.41) is 11.0. The standard InChI is InChI=1S/C8H12N4OS2/c1-8(3-2-4-14-8)5(13)10-7-12-11-6(9)15-7/h2-4H2,1H3,(H2,9,11)(H,10,12,13). The van der Waals surface area contributed by atoms with Crippen molar-refractivity contribution in [2.75, 3.05) is 16.8 Å². The highest BCUT2D eigenvalue weighted by Gasteiger charge is 2.37. The van der Waals surface area contributed by atoms with Crippen molar-refractivity contribution in [3.63, 3.8) is 0 Å². The minimum Gasteiger partial charge on any atom is -0.374 e. The van der Waals surface area contributed by atoms with E-state index >= 15 is 0 Å². The van der Waals surface area contributed by atoms with Crippen molar-refractivity contribution in [2.24, 2.45) is 0 Å². The third kappa shape index (κ3) is 2.23. The van der Waals surface area contributed by atoms with Gasteiger partial charge in [0.2, 0.25) is 16.2 Å². The van der Waals surface area contributed by atoms with Crippen LogP contribution in [0.4, 0.5) is 10.3 Å². The molecule has 0 bridgehead atoms. The highest BCUT2D eigenvalue weighted by atomic mass is 32.2. The molecule has 1 fully saturated rings. The maximum absolute atomic E-state index is 11.9. The van der Waals surface area contributed by atoms with Gasteiger partial charge in [-0.25, -0.2) is 0 Å². The van der Waals surface area contributed by atoms with Crippen molar-refractivity contribution in [1.82, 2.24) is 10.2 Å². The molecule has 1 aliphatic heterocycles. The van der Waals surface area contributed by atoms with E-state index in [0.29, 0.717) is 10.3 Å². The second-order valence-corrected chi connectivity index (χ2v) is 6.19. The number of carbonyl (C=O) groups is 1. The molecule has 1 saturated heterocycles. The van der Waals surface area contributed by atoms with Gasteiger partial charge < -0.3 is 5.73 Å². The lowest BCUT2D eigenvalue weighted by Gasteiger charge is -2.19. The number of nitrogens with one attached hydrogen (secondary N) is 1. The van der Waals surface area contributed by atoms with E-state index in [1.807, 2.05) is 6.92 Å². The molecular formula is C8H12N4OS2. The molecule has 15 heavy (non-hydrogen) atoms. The second-order valence-electron chi connectivity index (χ2n) is 3.58. The van der Waals surface area contributed by atoms with E-state index in [2.05, 4.69) is 15.5 Å². The first-order valence-corrected chi connectivity index (χ1v) is 6.45. The first kappa shape index (κ1) is 10.7. The van der Waals surface area contributed by atoms with Crippen LogP contribution in [0, 0.1) is 0 Å². The Morgan fingerprint density at radius 1 is 1.60 bits per heavy atom. The van der Waals surface area contributed by atoms with Crippen molar-refractivity contribution < 1.29 is 4.79 Å². The summed E-state index contributed by atoms with van der Waals surface area (Å²) in [6.45, 7) is 1.96. The van der Waals surface area contributed by atoms with Gasteiger partial charge in [0.15, 0.2) is 0 Å². The zero-order valence-electron chi connectivity index (χ0n) is 8.32. The Morgan fingerprint density at radius 2 is 2.40 bits per heavy atom. The number of carbonyl (C=O) groups excluding carboxylic acids is 1. The molecule has 1 amide bonds. The summed E-state index contributed by atoms with van der Waals surface area (Å²) < 4.78 is -0.319. The molecule has 1 unspecified atom stereocenters. The molecule has 1 atom stereocenters. The van der Waals surface area contributed by atoms with E-state index in [1.165, 1.54) is 11.3 Å². The Morgan fingerprint density at radius 3 is 2.93 bits per heavy atom. The smallest absolute Gasteiger partial charge is 0.242 e. The average Bonchev–Trinajstić information content (AvgIpc) is 2.76. The summed E-state index contributed by atoms with van der Waals surface area (Å²) in [6, 6.07) is 0. The summed E-state index contributed by atoms with van der Waals surface area (Å²) >= 11 is 2.88. The van der Waals surface area contributed by atoms with Gasteiger partial charge in [-0.3, -0.25) is 10.1 Å². The highest BCUT2D eigenvalue weighted by Crippen LogP contribution is 2.38. The number of rotatable bonds is 2. The van der Waals surface area contributed by atoms with E-state index in [9.17, 15) is 4.79 Å². The van der Waals surface area contributed by atoms with Crippen LogP contribution in [0.15, 0.2) is 0 Å². The van der Waals surface area contributed by atoms with Crippen molar-refractivity contribution in [3.8, 4) is 0 Å². The van der Waals surface area contributed by atoms with Crippen molar-refractivity contribution in [2.45, 2.75) is 24.5 Å². The SMILES string of the molecule is CC1(C(=O)Nc2nnc(N)s2)CCCS1. The molecule has 3 N–H and O–H groups in total. The average molecular weight is 244 g/mol. The molecule has 5 nitrogen and oxygen atoms in total. The Labute approximate surface area is 95.8 Å². The van der Waals surface area contributed by atoms with E-state index < -0.39 is 0 Å². The number of nitrogens with zero attached hydrogens (tertiary/aromatic N) is 2. The van der Waals surface area contributed by atoms with Crippen LogP contribution >= 0.6 is 23.1 Å². The molecule has 1 aliphatic rings. The Balaban J connectivity index is 2.03. The van der Waals surface area contributed by atoms with Gasteiger partial charge in [0.25, 0.3) is 0 Å². The van der Waals surface area contributed by atoms with Crippen LogP contribution in [0.2, 0.25) is 0 Å². The summed E-state index contributed by atoms with van der Waals surface area (Å²) in [7, 11) is 0. The lowest BCUT2D eigenvalue weighted by Crippen LogP contribution is -2.34. The van der Waals surface area contributed by atoms with Crippen LogP contribution in [-0.2, 0) is 4.79 Å². The van der Waals surface area contributed by atoms with Crippen LogP contribution in [-0.4, -0.2) is 26.6 Å². The third-order valence-electron chi connectivity index (χ3n) is 2.36. The molecule has 0 spiro atoms. The van der Waals surface area contributed by atoms with Gasteiger partial charge in [-0.1, -0.05) is 11.3 Å². The predicted molar refractivity (Wildman–Crippen MR) is 63.0 cm³/mol. The van der Waals surface area contributed by atoms with Crippen LogP contribution in [0.1, 0.15) is 19.8 Å². The molecular weight excluding hydrogens is 232 g/mol. The molecule has 82 valence electrons. The fraction of sp³-hybridized carbons (Fsp3) is 0.625. The van der Waals surface area contributed by atoms with Gasteiger partial charge in [-0.05, 0) is 25.5 Å². The summed E-state index contributed by atoms with van der Waals surface area (Å²) in [5.41, 5.74) is 5.43. The molecule has 0 saturated carbocycles. The molecule has 0 aliphatic carbocycles. The van der Waals surface area contributed by atoms with Crippen LogP contribution in [0.3, 0.4) is 0 Å². The Bertz CT molecular complexity index is 372. The summed E-state index contributed by atoms with van der Waals surface area (Å²) in [6.07, 6.45) is 2.00. The largest absolute Gasteiger partial charge is 0.374 e. The number of amides is 1. The van der Waals surface area contributed by atoms with Crippen molar-refractivity contribution in [1.29, 1.82) is 0 Å². The third-order valence-corrected chi connectivity index (χ3v) is 4.55. The number of nitrogens with two attached hydrogens (primary N) is 1. The maximum atomic E-state index is 11.9. The normalized spacial score (nSPS) is 25.4. The number of hydrogen-bond acceptors (Lipinski definition) is 6. The van der Waals surface area contributed by atoms with E-state index in [4.69, 9.17) is 5.73 Å². The minimum absolute atomic E-state index is 0.00106. The van der Waals surface area contributed by atoms with Crippen LogP contribution in [0.5, 0.6) is 0 Å². The summed E-state index contributed by atoms with van der Waals surface area (Å²) in [5.74, 6) is 1.04. The molecule has 1 aromatic rings. The molecule has 1 aromatic heterocycles. The van der Waals surface area contributed by atoms with Crippen molar-refractivity contribution in [3.05, 3.63) is 0 Å². The van der Waals surface area contributed by atoms with Gasteiger partial charge >= 0.3 is 0 Å². The fourth-order valence-electron chi connectivity index (χ4n) is 1.47. The van der Waals surface area contributed by atoms with Crippen molar-refractivity contribution >= 4 is 39.3 Å². The van der Waals surface area contributed by atoms with Gasteiger partial charge in [0, 0.05) is 0 Å². The topological polar surface area (TPSA) is 80.9 Å². The van der Waals surface area contributed by atoms with Gasteiger partial charge in [0.1, 0.15) is 0 Å². The summed E-state index contributed by atoms with van der Waals surface area (Å²) in [4.78, 5) is 11.9. The fourth-order valence-corrected chi connectivity index (χ4v) is 3.19. The lowest BCUT2D eigenvalue weighted by atomic mass is 10.1. The highest BCUT2D eigenvalue weighted by molar-refractivity contribution is 8.01. The van der Waals surface area contributed by atoms with E-state index in [0.717, 1.165) is 18.6 Å². The zero-order chi connectivity index (χ0) is 10.9. The number of anilines is 2. The quantitative estimate of drug-likeness (QED) is 0.820. The van der Waals surface area contributed by atoms with E-state index in [1.54, 1.807) is 11.8 Å². The maximum Gasteiger partial charge on any atom is 0.242 e. The molecule has 0 radical (unpaired) electrons. The molecule has 0 aromatic carbocycles. The van der Waals surface area contributed by atoms with E-state index in [-0.39, 0.29) is 10.7 Å². The second kappa shape index (κ2) is 3.97. The number of aromatic nitrogens is 2. The monoisotopic (exact) mass is 244 g/mol. The molecule has 2 heterocycles. The predicted octanol–water partition coefficient (Wildman–Crippen LogP) is 1.34. The molecule has 7 heteroatoms. The Hall–Kier alpha value is -0.820. The zero-order valence-corrected chi connectivity index (χ0v) is 9.95. The molecule has 2 rings (SSSR count). The Kier molecular flexibility index (Phi) is 2.83. The number of hydrogen-bond donors (Lipinski definition) is 2. The van der Waals surface area contributed by atoms with Gasteiger partial charge in [-0.15, -0.1) is 22.0 Å². The first-order chi connectivity index (χ1) is 7.10. The number of nitrogen functional groups attached to an aromatic ring is 1. The lowest BCUT2D eigenvalue weighted by molar-refractivity contribution is -0.118. The first-order valence-electron chi connectivity index (χ1n) is 4.64. The van der Waals surface area contributed by atoms with Gasteiger partial charge in [0.05, 0.1) is 4.75 Å². The number of thioether (sulfide) groups is 1. The van der Waals surface area contributed by atoms with Crippen LogP contribution in [0.25, 0.3) is 0 Å². The minimum atomic E-state index is -0.319.